The molecule has 0 aliphatic rings. The first-order valence-corrected chi connectivity index (χ1v) is 8.18. The minimum absolute atomic E-state index is 0.135. The third-order valence-electron chi connectivity index (χ3n) is 3.74. The van der Waals surface area contributed by atoms with E-state index in [0.717, 1.165) is 15.1 Å². The summed E-state index contributed by atoms with van der Waals surface area (Å²) >= 11 is 1.47. The van der Waals surface area contributed by atoms with Crippen LogP contribution < -0.4 is 34.0 Å². The second-order valence-corrected chi connectivity index (χ2v) is 6.58. The molecule has 9 N–H and O–H groups in total. The van der Waals surface area contributed by atoms with E-state index >= 15 is 0 Å². The monoisotopic (exact) mass is 361 g/mol. The molecule has 0 aliphatic heterocycles. The van der Waals surface area contributed by atoms with Crippen LogP contribution in [0.4, 0.5) is 0 Å². The molecule has 0 saturated heterocycles. The standard InChI is InChI=1S/C14H19N9OS/c1-22-11-9(5-20-23(14(11)24)6-8(17)3-15)12-13(22)21-10(25-12)2-7(16)4-19-18/h3-5,19H,2,6,15-18H2,1H3/b7-4-,8-3-. The Morgan fingerprint density at radius 3 is 2.84 bits per heavy atom. The van der Waals surface area contributed by atoms with Crippen LogP contribution in [0.3, 0.4) is 0 Å². The van der Waals surface area contributed by atoms with Crippen molar-refractivity contribution >= 4 is 32.6 Å². The lowest BCUT2D eigenvalue weighted by Crippen LogP contribution is -2.26. The number of nitrogens with one attached hydrogen (secondary N) is 1. The van der Waals surface area contributed by atoms with Crippen molar-refractivity contribution in [2.45, 2.75) is 13.0 Å². The fourth-order valence-corrected chi connectivity index (χ4v) is 3.72. The van der Waals surface area contributed by atoms with Gasteiger partial charge in [-0.1, -0.05) is 0 Å². The summed E-state index contributed by atoms with van der Waals surface area (Å²) in [6.45, 7) is 0.135. The van der Waals surface area contributed by atoms with Crippen LogP contribution in [0.1, 0.15) is 5.01 Å². The Morgan fingerprint density at radius 1 is 1.40 bits per heavy atom. The van der Waals surface area contributed by atoms with Crippen molar-refractivity contribution in [1.82, 2.24) is 24.8 Å². The molecule has 0 saturated carbocycles. The summed E-state index contributed by atoms with van der Waals surface area (Å²) in [5.41, 5.74) is 21.2. The highest BCUT2D eigenvalue weighted by Gasteiger charge is 2.18. The van der Waals surface area contributed by atoms with Gasteiger partial charge in [-0.25, -0.2) is 9.67 Å². The Hall–Kier alpha value is -3.05. The average Bonchev–Trinajstić information content (AvgIpc) is 3.09. The Morgan fingerprint density at radius 2 is 2.16 bits per heavy atom. The molecule has 3 aromatic rings. The maximum absolute atomic E-state index is 12.7. The van der Waals surface area contributed by atoms with Crippen LogP contribution in [0.25, 0.3) is 21.3 Å². The molecule has 0 radical (unpaired) electrons. The summed E-state index contributed by atoms with van der Waals surface area (Å²) in [4.78, 5) is 17.3. The van der Waals surface area contributed by atoms with Gasteiger partial charge in [-0.05, 0) is 0 Å². The molecule has 25 heavy (non-hydrogen) atoms. The number of aryl methyl sites for hydroxylation is 1. The van der Waals surface area contributed by atoms with Gasteiger partial charge in [0.15, 0.2) is 5.65 Å². The number of aromatic nitrogens is 4. The van der Waals surface area contributed by atoms with Crippen LogP contribution in [-0.2, 0) is 20.0 Å². The largest absolute Gasteiger partial charge is 0.403 e. The van der Waals surface area contributed by atoms with Gasteiger partial charge in [0.1, 0.15) is 10.5 Å². The van der Waals surface area contributed by atoms with Crippen LogP contribution in [-0.4, -0.2) is 19.3 Å². The SMILES string of the molecule is Cn1c2nc(C/C(N)=C/NN)sc2c2cnn(C/C(N)=C/N)c(=O)c21. The third-order valence-corrected chi connectivity index (χ3v) is 4.82. The minimum atomic E-state index is -0.247. The van der Waals surface area contributed by atoms with Crippen molar-refractivity contribution in [2.24, 2.45) is 30.1 Å². The number of hydrazine groups is 1. The first-order chi connectivity index (χ1) is 12.0. The zero-order valence-corrected chi connectivity index (χ0v) is 14.4. The van der Waals surface area contributed by atoms with Gasteiger partial charge in [0.25, 0.3) is 5.56 Å². The van der Waals surface area contributed by atoms with Crippen molar-refractivity contribution in [3.05, 3.63) is 45.4 Å². The molecule has 11 heteroatoms. The van der Waals surface area contributed by atoms with Gasteiger partial charge < -0.3 is 27.2 Å². The Labute approximate surface area is 146 Å². The molecule has 0 spiro atoms. The van der Waals surface area contributed by atoms with Crippen LogP contribution in [0.15, 0.2) is 34.8 Å². The van der Waals surface area contributed by atoms with E-state index in [1.165, 1.54) is 28.4 Å². The molecule has 0 fully saturated rings. The number of thiazole rings is 1. The molecule has 3 rings (SSSR count). The molecule has 0 bridgehead atoms. The third kappa shape index (κ3) is 2.90. The van der Waals surface area contributed by atoms with E-state index in [0.29, 0.717) is 29.0 Å². The van der Waals surface area contributed by atoms with E-state index in [2.05, 4.69) is 15.5 Å². The lowest BCUT2D eigenvalue weighted by atomic mass is 10.3. The molecular weight excluding hydrogens is 342 g/mol. The molecule has 132 valence electrons. The molecule has 0 atom stereocenters. The number of allylic oxidation sites excluding steroid dienone is 2. The summed E-state index contributed by atoms with van der Waals surface area (Å²) < 4.78 is 3.92. The lowest BCUT2D eigenvalue weighted by Gasteiger charge is -2.05. The highest BCUT2D eigenvalue weighted by molar-refractivity contribution is 7.19. The fourth-order valence-electron chi connectivity index (χ4n) is 2.58. The molecule has 0 amide bonds. The number of nitrogens with two attached hydrogens (primary N) is 4. The van der Waals surface area contributed by atoms with Crippen molar-refractivity contribution in [2.75, 3.05) is 0 Å². The first kappa shape index (κ1) is 16.8. The summed E-state index contributed by atoms with van der Waals surface area (Å²) in [5, 5.41) is 5.76. The van der Waals surface area contributed by atoms with Gasteiger partial charge in [-0.3, -0.25) is 10.6 Å². The lowest BCUT2D eigenvalue weighted by molar-refractivity contribution is 0.631. The average molecular weight is 361 g/mol. The summed E-state index contributed by atoms with van der Waals surface area (Å²) in [6.07, 6.45) is 4.88. The molecule has 0 aliphatic carbocycles. The van der Waals surface area contributed by atoms with E-state index in [-0.39, 0.29) is 12.1 Å². The number of rotatable bonds is 5. The Balaban J connectivity index is 2.12. The van der Waals surface area contributed by atoms with Crippen LogP contribution in [0.2, 0.25) is 0 Å². The summed E-state index contributed by atoms with van der Waals surface area (Å²) in [6, 6.07) is 0. The molecule has 3 heterocycles. The number of hydrogen-bond donors (Lipinski definition) is 5. The van der Waals surface area contributed by atoms with E-state index in [1.807, 2.05) is 0 Å². The number of fused-ring (bicyclic) bond motifs is 3. The molecule has 10 nitrogen and oxygen atoms in total. The van der Waals surface area contributed by atoms with Gasteiger partial charge in [0, 0.05) is 42.6 Å². The van der Waals surface area contributed by atoms with Crippen molar-refractivity contribution in [3.8, 4) is 0 Å². The topological polar surface area (TPSA) is 169 Å². The Kier molecular flexibility index (Phi) is 4.33. The summed E-state index contributed by atoms with van der Waals surface area (Å²) in [7, 11) is 1.79. The van der Waals surface area contributed by atoms with E-state index in [1.54, 1.807) is 17.8 Å². The van der Waals surface area contributed by atoms with Gasteiger partial charge in [-0.15, -0.1) is 11.3 Å². The quantitative estimate of drug-likeness (QED) is 0.282. The first-order valence-electron chi connectivity index (χ1n) is 7.37. The van der Waals surface area contributed by atoms with Crippen molar-refractivity contribution < 1.29 is 0 Å². The summed E-state index contributed by atoms with van der Waals surface area (Å²) in [5.74, 6) is 5.22. The second kappa shape index (κ2) is 6.45. The zero-order valence-electron chi connectivity index (χ0n) is 13.6. The Bertz CT molecular complexity index is 1060. The van der Waals surface area contributed by atoms with Crippen LogP contribution in [0.5, 0.6) is 0 Å². The van der Waals surface area contributed by atoms with E-state index in [4.69, 9.17) is 23.0 Å². The normalized spacial score (nSPS) is 13.0. The molecule has 0 aromatic carbocycles. The van der Waals surface area contributed by atoms with Crippen LogP contribution >= 0.6 is 11.3 Å². The maximum atomic E-state index is 12.7. The van der Waals surface area contributed by atoms with Gasteiger partial charge in [0.05, 0.1) is 17.4 Å². The number of nitrogens with zero attached hydrogens (tertiary/aromatic N) is 4. The molecule has 0 unspecified atom stereocenters. The van der Waals surface area contributed by atoms with Crippen molar-refractivity contribution in [1.29, 1.82) is 0 Å². The smallest absolute Gasteiger partial charge is 0.291 e. The molecular formula is C14H19N9OS. The van der Waals surface area contributed by atoms with E-state index in [9.17, 15) is 4.79 Å². The van der Waals surface area contributed by atoms with Gasteiger partial charge in [0.2, 0.25) is 0 Å². The fraction of sp³-hybridized carbons (Fsp3) is 0.214. The zero-order chi connectivity index (χ0) is 18.1. The highest BCUT2D eigenvalue weighted by atomic mass is 32.1. The van der Waals surface area contributed by atoms with Crippen molar-refractivity contribution in [3.63, 3.8) is 0 Å². The van der Waals surface area contributed by atoms with Gasteiger partial charge in [-0.2, -0.15) is 5.10 Å². The minimum Gasteiger partial charge on any atom is -0.403 e. The van der Waals surface area contributed by atoms with E-state index < -0.39 is 0 Å². The van der Waals surface area contributed by atoms with Gasteiger partial charge >= 0.3 is 0 Å². The maximum Gasteiger partial charge on any atom is 0.291 e. The molecule has 3 aromatic heterocycles. The predicted molar refractivity (Wildman–Crippen MR) is 97.9 cm³/mol. The predicted octanol–water partition coefficient (Wildman–Crippen LogP) is -1.09. The second-order valence-electron chi connectivity index (χ2n) is 5.49. The highest BCUT2D eigenvalue weighted by Crippen LogP contribution is 2.31. The number of hydrogen-bond acceptors (Lipinski definition) is 9. The van der Waals surface area contributed by atoms with Crippen LogP contribution in [0, 0.1) is 0 Å².